The Morgan fingerprint density at radius 1 is 0.824 bits per heavy atom. The molecule has 8 rings (SSSR count). The minimum atomic E-state index is -1.70. The van der Waals surface area contributed by atoms with Gasteiger partial charge in [-0.05, 0) is 53.9 Å². The third-order valence-corrected chi connectivity index (χ3v) is 10.5. The quantitative estimate of drug-likeness (QED) is 0.128. The van der Waals surface area contributed by atoms with Gasteiger partial charge in [-0.1, -0.05) is 99.4 Å². The Kier molecular flexibility index (Phi) is 9.52. The number of benzene rings is 4. The number of aromatic nitrogens is 4. The molecule has 0 fully saturated rings. The maximum Gasteiger partial charge on any atom is 0.120 e. The van der Waals surface area contributed by atoms with Gasteiger partial charge in [-0.3, -0.25) is 9.97 Å². The van der Waals surface area contributed by atoms with Crippen molar-refractivity contribution in [3.63, 3.8) is 0 Å². The molecule has 1 radical (unpaired) electrons. The van der Waals surface area contributed by atoms with Gasteiger partial charge in [0, 0.05) is 45.8 Å². The summed E-state index contributed by atoms with van der Waals surface area (Å²) in [6, 6.07) is 40.6. The molecule has 0 aliphatic carbocycles. The summed E-state index contributed by atoms with van der Waals surface area (Å²) in [6.45, 7) is 14.6. The second kappa shape index (κ2) is 14.5. The molecule has 8 aromatic rings. The van der Waals surface area contributed by atoms with Crippen molar-refractivity contribution in [3.8, 4) is 28.3 Å². The topological polar surface area (TPSA) is 56.7 Å². The van der Waals surface area contributed by atoms with Gasteiger partial charge in [0.05, 0.1) is 36.7 Å². The first kappa shape index (κ1) is 33.5. The predicted molar refractivity (Wildman–Crippen MR) is 210 cm³/mol. The van der Waals surface area contributed by atoms with E-state index in [-0.39, 0.29) is 20.1 Å². The maximum atomic E-state index is 8.75. The van der Waals surface area contributed by atoms with Gasteiger partial charge in [0.15, 0.2) is 0 Å². The number of imidazole rings is 1. The number of nitrogens with zero attached hydrogens (tertiary/aromatic N) is 4. The van der Waals surface area contributed by atoms with Gasteiger partial charge in [-0.25, -0.2) is 0 Å². The molecule has 5 nitrogen and oxygen atoms in total. The van der Waals surface area contributed by atoms with Gasteiger partial charge in [-0.15, -0.1) is 54.1 Å². The summed E-state index contributed by atoms with van der Waals surface area (Å²) < 4.78 is 25.9. The van der Waals surface area contributed by atoms with Crippen molar-refractivity contribution in [1.29, 1.82) is 0 Å². The first-order valence-corrected chi connectivity index (χ1v) is 20.4. The molecule has 4 aromatic carbocycles. The number of hydrogen-bond acceptors (Lipinski definition) is 4. The minimum absolute atomic E-state index is 0. The molecule has 0 aliphatic heterocycles. The Labute approximate surface area is 318 Å². The van der Waals surface area contributed by atoms with Gasteiger partial charge < -0.3 is 14.0 Å². The smallest absolute Gasteiger partial charge is 0.120 e. The second-order valence-electron chi connectivity index (χ2n) is 14.6. The molecule has 0 bridgehead atoms. The van der Waals surface area contributed by atoms with Crippen molar-refractivity contribution in [1.82, 2.24) is 19.5 Å². The molecule has 0 spiro atoms. The van der Waals surface area contributed by atoms with Crippen molar-refractivity contribution in [2.45, 2.75) is 53.7 Å². The molecule has 259 valence electrons. The fraction of sp³-hybridized carbons (Fsp3) is 0.205. The third-order valence-electron chi connectivity index (χ3n) is 8.46. The van der Waals surface area contributed by atoms with Crippen molar-refractivity contribution < 1.29 is 27.3 Å². The van der Waals surface area contributed by atoms with Crippen LogP contribution in [0.25, 0.3) is 61.3 Å². The van der Waals surface area contributed by atoms with Crippen LogP contribution in [0.4, 0.5) is 0 Å². The third kappa shape index (κ3) is 7.67. The first-order valence-electron chi connectivity index (χ1n) is 17.9. The normalized spacial score (nSPS) is 12.6. The van der Waals surface area contributed by atoms with Crippen molar-refractivity contribution >= 4 is 46.2 Å². The SMILES string of the molecule is Cc1cc2c(cn1)nc(-c1[c-]ccc3c1oc1ccccc13)n2-c1ccccc1.[2H]C([2H])(c1cc(-c2[c-]cccc2)ncc1[Si](C)(C)C)C(C)(C)C.[Ir]. The zero-order valence-corrected chi connectivity index (χ0v) is 33.4. The monoisotopic (exact) mass is 865 g/mol. The van der Waals surface area contributed by atoms with Crippen molar-refractivity contribution in [2.24, 2.45) is 5.41 Å². The van der Waals surface area contributed by atoms with Crippen LogP contribution in [0.1, 0.15) is 34.8 Å². The number of furan rings is 1. The maximum absolute atomic E-state index is 8.75. The average Bonchev–Trinajstić information content (AvgIpc) is 3.70. The molecule has 0 aliphatic rings. The Morgan fingerprint density at radius 2 is 1.57 bits per heavy atom. The van der Waals surface area contributed by atoms with Crippen LogP contribution in [0, 0.1) is 24.5 Å². The van der Waals surface area contributed by atoms with Crippen LogP contribution in [0.5, 0.6) is 0 Å². The summed E-state index contributed by atoms with van der Waals surface area (Å²) in [5.41, 5.74) is 8.34. The number of para-hydroxylation sites is 2. The van der Waals surface area contributed by atoms with E-state index in [9.17, 15) is 0 Å². The van der Waals surface area contributed by atoms with Gasteiger partial charge in [-0.2, -0.15) is 0 Å². The summed E-state index contributed by atoms with van der Waals surface area (Å²) in [5.74, 6) is 0.795. The second-order valence-corrected chi connectivity index (χ2v) is 19.7. The number of pyridine rings is 2. The minimum Gasteiger partial charge on any atom is -0.501 e. The zero-order valence-electron chi connectivity index (χ0n) is 32.0. The van der Waals surface area contributed by atoms with E-state index in [4.69, 9.17) is 12.1 Å². The summed E-state index contributed by atoms with van der Waals surface area (Å²) in [4.78, 5) is 14.0. The Hall–Kier alpha value is -4.68. The standard InChI is InChI=1S/C25H16N3O.C19H26NSi.Ir/c1-16-14-22-21(15-26-16)27-25(28(22)17-8-3-2-4-9-17)20-12-7-11-19-18-10-5-6-13-23(18)29-24(19)20;1-19(2,3)13-16-12-17(15-10-8-7-9-11-15)20-14-18(16)21(4,5)6;/h2-11,13-15H,1H3;7-10,12,14H,13H2,1-6H3;/q2*-1;/i;13D2;. The Bertz CT molecular complexity index is 2540. The van der Waals surface area contributed by atoms with Crippen molar-refractivity contribution in [2.75, 3.05) is 0 Å². The fourth-order valence-corrected chi connectivity index (χ4v) is 7.60. The zero-order chi connectivity index (χ0) is 36.8. The van der Waals surface area contributed by atoms with Gasteiger partial charge in [0.1, 0.15) is 5.58 Å². The van der Waals surface area contributed by atoms with E-state index in [0.29, 0.717) is 0 Å². The largest absolute Gasteiger partial charge is 0.501 e. The van der Waals surface area contributed by atoms with Crippen LogP contribution < -0.4 is 5.19 Å². The number of hydrogen-bond donors (Lipinski definition) is 0. The van der Waals surface area contributed by atoms with Gasteiger partial charge in [0.2, 0.25) is 0 Å². The van der Waals surface area contributed by atoms with Crippen LogP contribution in [0.15, 0.2) is 120 Å². The molecule has 0 unspecified atom stereocenters. The van der Waals surface area contributed by atoms with Crippen LogP contribution in [-0.4, -0.2) is 27.6 Å². The summed E-state index contributed by atoms with van der Waals surface area (Å²) in [5, 5.41) is 3.25. The molecular formula is C44H42IrN4OSi-2. The van der Waals surface area contributed by atoms with Crippen molar-refractivity contribution in [3.05, 3.63) is 139 Å². The molecular weight excluding hydrogens is 821 g/mol. The molecule has 4 aromatic heterocycles. The van der Waals surface area contributed by atoms with E-state index in [0.717, 1.165) is 77.7 Å². The molecule has 51 heavy (non-hydrogen) atoms. The fourth-order valence-electron chi connectivity index (χ4n) is 6.20. The first-order chi connectivity index (χ1) is 24.7. The molecule has 0 amide bonds. The number of aryl methyl sites for hydroxylation is 1. The molecule has 0 saturated heterocycles. The Morgan fingerprint density at radius 3 is 2.29 bits per heavy atom. The van der Waals surface area contributed by atoms with Crippen LogP contribution in [0.3, 0.4) is 0 Å². The predicted octanol–water partition coefficient (Wildman–Crippen LogP) is 10.8. The van der Waals surface area contributed by atoms with Crippen LogP contribution in [0.2, 0.25) is 19.6 Å². The van der Waals surface area contributed by atoms with E-state index in [1.165, 1.54) is 0 Å². The van der Waals surface area contributed by atoms with E-state index in [1.54, 1.807) is 0 Å². The molecule has 7 heteroatoms. The van der Waals surface area contributed by atoms with Gasteiger partial charge in [0.25, 0.3) is 0 Å². The van der Waals surface area contributed by atoms with E-state index in [2.05, 4.69) is 70.6 Å². The summed E-state index contributed by atoms with van der Waals surface area (Å²) >= 11 is 0. The van der Waals surface area contributed by atoms with Crippen LogP contribution in [-0.2, 0) is 26.5 Å². The summed E-state index contributed by atoms with van der Waals surface area (Å²) in [6.07, 6.45) is 2.29. The van der Waals surface area contributed by atoms with E-state index in [1.807, 2.05) is 119 Å². The average molecular weight is 865 g/mol. The Balaban J connectivity index is 0.000000184. The number of fused-ring (bicyclic) bond motifs is 4. The molecule has 0 saturated carbocycles. The van der Waals surface area contributed by atoms with E-state index < -0.39 is 19.9 Å². The molecule has 4 heterocycles. The summed E-state index contributed by atoms with van der Waals surface area (Å²) in [7, 11) is -1.70. The van der Waals surface area contributed by atoms with E-state index >= 15 is 0 Å². The number of rotatable bonds is 5. The molecule has 0 N–H and O–H groups in total. The van der Waals surface area contributed by atoms with Crippen LogP contribution >= 0.6 is 0 Å². The van der Waals surface area contributed by atoms with Gasteiger partial charge >= 0.3 is 0 Å². The molecule has 0 atom stereocenters.